The van der Waals surface area contributed by atoms with E-state index in [0.717, 1.165) is 25.1 Å². The highest BCUT2D eigenvalue weighted by Crippen LogP contribution is 2.36. The first kappa shape index (κ1) is 14.7. The zero-order valence-electron chi connectivity index (χ0n) is 12.6. The summed E-state index contributed by atoms with van der Waals surface area (Å²) in [4.78, 5) is 15.1. The molecule has 0 aromatic heterocycles. The number of likely N-dealkylation sites (tertiary alicyclic amines) is 1. The number of hydrogen-bond acceptors (Lipinski definition) is 2. The Morgan fingerprint density at radius 3 is 2.81 bits per heavy atom. The molecule has 4 heteroatoms. The number of piperidine rings is 1. The van der Waals surface area contributed by atoms with Crippen LogP contribution in [0, 0.1) is 5.92 Å². The molecule has 1 heterocycles. The molecule has 3 nitrogen and oxygen atoms in total. The Hall–Kier alpha value is -1.22. The Bertz CT molecular complexity index is 530. The zero-order valence-corrected chi connectivity index (χ0v) is 13.3. The van der Waals surface area contributed by atoms with Crippen LogP contribution in [0.15, 0.2) is 18.2 Å². The van der Waals surface area contributed by atoms with Crippen molar-refractivity contribution < 1.29 is 4.79 Å². The number of amides is 1. The van der Waals surface area contributed by atoms with Crippen LogP contribution in [0.5, 0.6) is 0 Å². The van der Waals surface area contributed by atoms with Crippen molar-refractivity contribution in [2.75, 3.05) is 18.9 Å². The van der Waals surface area contributed by atoms with Gasteiger partial charge in [0.2, 0.25) is 0 Å². The van der Waals surface area contributed by atoms with Crippen LogP contribution in [0.1, 0.15) is 48.9 Å². The molecular weight excluding hydrogens is 284 g/mol. The fourth-order valence-electron chi connectivity index (χ4n) is 3.94. The van der Waals surface area contributed by atoms with E-state index in [-0.39, 0.29) is 5.91 Å². The zero-order chi connectivity index (χ0) is 14.8. The van der Waals surface area contributed by atoms with Crippen molar-refractivity contribution in [3.63, 3.8) is 0 Å². The third-order valence-electron chi connectivity index (χ3n) is 4.99. The lowest BCUT2D eigenvalue weighted by atomic mass is 9.78. The van der Waals surface area contributed by atoms with Crippen LogP contribution in [-0.4, -0.2) is 30.4 Å². The predicted molar refractivity (Wildman–Crippen MR) is 87.0 cm³/mol. The molecule has 2 fully saturated rings. The Morgan fingerprint density at radius 2 is 2.00 bits per heavy atom. The minimum absolute atomic E-state index is 0.137. The monoisotopic (exact) mass is 306 g/mol. The maximum Gasteiger partial charge on any atom is 0.256 e. The Labute approximate surface area is 131 Å². The summed E-state index contributed by atoms with van der Waals surface area (Å²) >= 11 is 6.10. The number of carbonyl (C=O) groups excluding carboxylic acids is 1. The number of benzene rings is 1. The number of nitrogens with one attached hydrogen (secondary N) is 1. The van der Waals surface area contributed by atoms with Gasteiger partial charge in [-0.1, -0.05) is 24.4 Å². The second-order valence-electron chi connectivity index (χ2n) is 6.19. The van der Waals surface area contributed by atoms with Gasteiger partial charge in [0.05, 0.1) is 5.56 Å². The van der Waals surface area contributed by atoms with Crippen molar-refractivity contribution in [2.45, 2.75) is 44.6 Å². The molecule has 0 radical (unpaired) electrons. The molecule has 1 saturated heterocycles. The van der Waals surface area contributed by atoms with Crippen LogP contribution in [0.25, 0.3) is 0 Å². The van der Waals surface area contributed by atoms with Gasteiger partial charge in [-0.3, -0.25) is 4.79 Å². The van der Waals surface area contributed by atoms with Crippen molar-refractivity contribution in [1.29, 1.82) is 0 Å². The standard InChI is InChI=1S/C17H23ClN2O/c1-19-15-9-8-13(18)11-14(15)17(21)20-10-4-6-12-5-2-3-7-16(12)20/h8-9,11-12,16,19H,2-7,10H2,1H3/t12-,16-/m1/s1. The summed E-state index contributed by atoms with van der Waals surface area (Å²) in [6.45, 7) is 0.885. The molecule has 1 aromatic rings. The van der Waals surface area contributed by atoms with Crippen LogP contribution >= 0.6 is 11.6 Å². The van der Waals surface area contributed by atoms with E-state index in [1.165, 1.54) is 25.7 Å². The van der Waals surface area contributed by atoms with Crippen LogP contribution in [0.4, 0.5) is 5.69 Å². The lowest BCUT2D eigenvalue weighted by molar-refractivity contribution is 0.0391. The highest BCUT2D eigenvalue weighted by atomic mass is 35.5. The quantitative estimate of drug-likeness (QED) is 0.889. The van der Waals surface area contributed by atoms with E-state index in [1.54, 1.807) is 6.07 Å². The smallest absolute Gasteiger partial charge is 0.256 e. The molecule has 21 heavy (non-hydrogen) atoms. The molecule has 2 aliphatic rings. The molecule has 114 valence electrons. The van der Waals surface area contributed by atoms with Crippen molar-refractivity contribution in [3.8, 4) is 0 Å². The molecule has 1 aliphatic carbocycles. The van der Waals surface area contributed by atoms with Gasteiger partial charge >= 0.3 is 0 Å². The Morgan fingerprint density at radius 1 is 1.24 bits per heavy atom. The van der Waals surface area contributed by atoms with Gasteiger partial charge in [-0.15, -0.1) is 0 Å². The number of nitrogens with zero attached hydrogens (tertiary/aromatic N) is 1. The highest BCUT2D eigenvalue weighted by molar-refractivity contribution is 6.31. The second-order valence-corrected chi connectivity index (χ2v) is 6.63. The number of rotatable bonds is 2. The van der Waals surface area contributed by atoms with Gasteiger partial charge in [-0.2, -0.15) is 0 Å². The fourth-order valence-corrected chi connectivity index (χ4v) is 4.12. The van der Waals surface area contributed by atoms with Crippen LogP contribution in [0.2, 0.25) is 5.02 Å². The molecule has 0 bridgehead atoms. The van der Waals surface area contributed by atoms with E-state index in [9.17, 15) is 4.79 Å². The van der Waals surface area contributed by atoms with E-state index < -0.39 is 0 Å². The van der Waals surface area contributed by atoms with E-state index >= 15 is 0 Å². The van der Waals surface area contributed by atoms with Gasteiger partial charge in [0, 0.05) is 30.3 Å². The summed E-state index contributed by atoms with van der Waals surface area (Å²) in [6.07, 6.45) is 7.42. The maximum absolute atomic E-state index is 13.0. The third-order valence-corrected chi connectivity index (χ3v) is 5.22. The number of carbonyl (C=O) groups is 1. The molecule has 0 unspecified atom stereocenters. The molecule has 1 aliphatic heterocycles. The van der Waals surface area contributed by atoms with Gasteiger partial charge in [0.25, 0.3) is 5.91 Å². The molecule has 1 saturated carbocycles. The fraction of sp³-hybridized carbons (Fsp3) is 0.588. The summed E-state index contributed by atoms with van der Waals surface area (Å²) in [7, 11) is 1.85. The Balaban J connectivity index is 1.88. The van der Waals surface area contributed by atoms with E-state index in [2.05, 4.69) is 10.2 Å². The number of hydrogen-bond donors (Lipinski definition) is 1. The van der Waals surface area contributed by atoms with Gasteiger partial charge in [-0.05, 0) is 49.8 Å². The van der Waals surface area contributed by atoms with E-state index in [1.807, 2.05) is 19.2 Å². The SMILES string of the molecule is CNc1ccc(Cl)cc1C(=O)N1CCC[C@H]2CCCC[C@H]21. The molecule has 0 spiro atoms. The van der Waals surface area contributed by atoms with Gasteiger partial charge in [0.15, 0.2) is 0 Å². The largest absolute Gasteiger partial charge is 0.387 e. The average molecular weight is 307 g/mol. The van der Waals surface area contributed by atoms with Crippen LogP contribution in [0.3, 0.4) is 0 Å². The first-order chi connectivity index (χ1) is 10.2. The molecular formula is C17H23ClN2O. The summed E-state index contributed by atoms with van der Waals surface area (Å²) < 4.78 is 0. The van der Waals surface area contributed by atoms with Crippen LogP contribution < -0.4 is 5.32 Å². The van der Waals surface area contributed by atoms with Gasteiger partial charge in [-0.25, -0.2) is 0 Å². The predicted octanol–water partition coefficient (Wildman–Crippen LogP) is 4.18. The first-order valence-electron chi connectivity index (χ1n) is 7.99. The van der Waals surface area contributed by atoms with Gasteiger partial charge < -0.3 is 10.2 Å². The summed E-state index contributed by atoms with van der Waals surface area (Å²) in [5, 5.41) is 3.73. The van der Waals surface area contributed by atoms with E-state index in [4.69, 9.17) is 11.6 Å². The lowest BCUT2D eigenvalue weighted by Gasteiger charge is -2.44. The third kappa shape index (κ3) is 2.89. The Kier molecular flexibility index (Phi) is 4.39. The van der Waals surface area contributed by atoms with Crippen molar-refractivity contribution >= 4 is 23.2 Å². The minimum atomic E-state index is 0.137. The normalized spacial score (nSPS) is 25.3. The molecule has 1 N–H and O–H groups in total. The van der Waals surface area contributed by atoms with Crippen LogP contribution in [-0.2, 0) is 0 Å². The lowest BCUT2D eigenvalue weighted by Crippen LogP contribution is -2.49. The highest BCUT2D eigenvalue weighted by Gasteiger charge is 2.36. The molecule has 1 amide bonds. The topological polar surface area (TPSA) is 32.3 Å². The van der Waals surface area contributed by atoms with Crippen molar-refractivity contribution in [3.05, 3.63) is 28.8 Å². The number of halogens is 1. The minimum Gasteiger partial charge on any atom is -0.387 e. The van der Waals surface area contributed by atoms with Crippen molar-refractivity contribution in [2.24, 2.45) is 5.92 Å². The molecule has 3 rings (SSSR count). The summed E-state index contributed by atoms with van der Waals surface area (Å²) in [5.74, 6) is 0.840. The van der Waals surface area contributed by atoms with E-state index in [0.29, 0.717) is 22.5 Å². The second kappa shape index (κ2) is 6.27. The van der Waals surface area contributed by atoms with Gasteiger partial charge in [0.1, 0.15) is 0 Å². The summed E-state index contributed by atoms with van der Waals surface area (Å²) in [5.41, 5.74) is 1.57. The molecule has 2 atom stereocenters. The average Bonchev–Trinajstić information content (AvgIpc) is 2.53. The maximum atomic E-state index is 13.0. The number of fused-ring (bicyclic) bond motifs is 1. The number of anilines is 1. The summed E-state index contributed by atoms with van der Waals surface area (Å²) in [6, 6.07) is 5.94. The van der Waals surface area contributed by atoms with Crippen molar-refractivity contribution in [1.82, 2.24) is 4.90 Å². The first-order valence-corrected chi connectivity index (χ1v) is 8.37. The molecule has 1 aromatic carbocycles.